The smallest absolute Gasteiger partial charge is 0.269 e. The molecule has 0 fully saturated rings. The highest BCUT2D eigenvalue weighted by Crippen LogP contribution is 2.35. The molecule has 0 radical (unpaired) electrons. The van der Waals surface area contributed by atoms with Gasteiger partial charge in [0.25, 0.3) is 5.69 Å². The number of nitrogens with one attached hydrogen (secondary N) is 1. The quantitative estimate of drug-likeness (QED) is 0.324. The zero-order valence-electron chi connectivity index (χ0n) is 18.3. The maximum atomic E-state index is 11.4. The molecule has 8 nitrogen and oxygen atoms in total. The van der Waals surface area contributed by atoms with Gasteiger partial charge < -0.3 is 10.7 Å². The number of nitro benzene ring substituents is 1. The van der Waals surface area contributed by atoms with E-state index in [0.717, 1.165) is 52.9 Å². The Labute approximate surface area is 191 Å². The largest absolute Gasteiger partial charge is 0.341 e. The Kier molecular flexibility index (Phi) is 5.85. The standard InChI is InChI=1S/C25H26N6O2/c26-14-18-10-11-20(31(32)33)13-19(18)15-30(16-24-28-21-7-1-2-8-22(21)29-24)23-9-3-5-17-6-4-12-27-25(17)23/h1-2,4,6-8,10-13,23H,3,5,9,14-16,26H2,(H,28,29). The highest BCUT2D eigenvalue weighted by molar-refractivity contribution is 5.74. The van der Waals surface area contributed by atoms with Gasteiger partial charge in [-0.3, -0.25) is 20.0 Å². The van der Waals surface area contributed by atoms with Crippen LogP contribution in [-0.4, -0.2) is 24.8 Å². The Morgan fingerprint density at radius 1 is 1.12 bits per heavy atom. The summed E-state index contributed by atoms with van der Waals surface area (Å²) >= 11 is 0. The van der Waals surface area contributed by atoms with Crippen molar-refractivity contribution in [1.82, 2.24) is 19.9 Å². The van der Waals surface area contributed by atoms with Crippen LogP contribution in [0, 0.1) is 10.1 Å². The molecule has 5 rings (SSSR count). The van der Waals surface area contributed by atoms with Gasteiger partial charge in [-0.15, -0.1) is 0 Å². The number of aromatic amines is 1. The summed E-state index contributed by atoms with van der Waals surface area (Å²) in [4.78, 5) is 26.3. The first-order valence-electron chi connectivity index (χ1n) is 11.2. The summed E-state index contributed by atoms with van der Waals surface area (Å²) in [5, 5.41) is 11.4. The summed E-state index contributed by atoms with van der Waals surface area (Å²) in [5.41, 5.74) is 12.1. The lowest BCUT2D eigenvalue weighted by atomic mass is 9.90. The predicted octanol–water partition coefficient (Wildman–Crippen LogP) is 4.40. The van der Waals surface area contributed by atoms with Gasteiger partial charge in [-0.1, -0.05) is 24.3 Å². The van der Waals surface area contributed by atoms with Crippen LogP contribution in [0.1, 0.15) is 47.1 Å². The number of non-ortho nitro benzene ring substituents is 1. The molecule has 2 aromatic carbocycles. The first-order valence-corrected chi connectivity index (χ1v) is 11.2. The van der Waals surface area contributed by atoms with Gasteiger partial charge in [0.1, 0.15) is 5.82 Å². The highest BCUT2D eigenvalue weighted by atomic mass is 16.6. The van der Waals surface area contributed by atoms with Crippen molar-refractivity contribution in [1.29, 1.82) is 0 Å². The predicted molar refractivity (Wildman–Crippen MR) is 126 cm³/mol. The second-order valence-corrected chi connectivity index (χ2v) is 8.48. The van der Waals surface area contributed by atoms with Crippen LogP contribution >= 0.6 is 0 Å². The number of H-pyrrole nitrogens is 1. The minimum atomic E-state index is -0.356. The zero-order chi connectivity index (χ0) is 22.8. The Balaban J connectivity index is 1.54. The van der Waals surface area contributed by atoms with Crippen molar-refractivity contribution < 1.29 is 4.92 Å². The van der Waals surface area contributed by atoms with E-state index in [9.17, 15) is 10.1 Å². The van der Waals surface area contributed by atoms with Crippen molar-refractivity contribution >= 4 is 16.7 Å². The van der Waals surface area contributed by atoms with Crippen molar-refractivity contribution in [2.75, 3.05) is 0 Å². The maximum Gasteiger partial charge on any atom is 0.269 e. The van der Waals surface area contributed by atoms with Gasteiger partial charge >= 0.3 is 0 Å². The number of hydrogen-bond donors (Lipinski definition) is 2. The Morgan fingerprint density at radius 3 is 2.82 bits per heavy atom. The number of fused-ring (bicyclic) bond motifs is 2. The van der Waals surface area contributed by atoms with E-state index in [1.54, 1.807) is 12.1 Å². The molecule has 1 aliphatic carbocycles. The van der Waals surface area contributed by atoms with Crippen LogP contribution in [0.4, 0.5) is 5.69 Å². The second-order valence-electron chi connectivity index (χ2n) is 8.48. The molecule has 4 aromatic rings. The third-order valence-electron chi connectivity index (χ3n) is 6.39. The molecule has 0 spiro atoms. The average Bonchev–Trinajstić information content (AvgIpc) is 3.25. The monoisotopic (exact) mass is 442 g/mol. The zero-order valence-corrected chi connectivity index (χ0v) is 18.3. The molecule has 1 atom stereocenters. The van der Waals surface area contributed by atoms with Gasteiger partial charge in [0.05, 0.1) is 34.2 Å². The summed E-state index contributed by atoms with van der Waals surface area (Å²) in [6, 6.07) is 17.1. The van der Waals surface area contributed by atoms with E-state index in [1.165, 1.54) is 11.6 Å². The van der Waals surface area contributed by atoms with E-state index >= 15 is 0 Å². The van der Waals surface area contributed by atoms with Crippen LogP contribution in [0.25, 0.3) is 11.0 Å². The molecule has 168 valence electrons. The summed E-state index contributed by atoms with van der Waals surface area (Å²) in [5.74, 6) is 0.860. The molecule has 2 aromatic heterocycles. The van der Waals surface area contributed by atoms with E-state index in [-0.39, 0.29) is 16.7 Å². The second kappa shape index (κ2) is 9.09. The minimum absolute atomic E-state index is 0.0769. The molecule has 33 heavy (non-hydrogen) atoms. The molecule has 1 aliphatic rings. The summed E-state index contributed by atoms with van der Waals surface area (Å²) in [6.07, 6.45) is 4.90. The topological polar surface area (TPSA) is 114 Å². The van der Waals surface area contributed by atoms with Crippen molar-refractivity contribution in [3.8, 4) is 0 Å². The summed E-state index contributed by atoms with van der Waals surface area (Å²) in [7, 11) is 0. The number of nitrogens with zero attached hydrogens (tertiary/aromatic N) is 4. The summed E-state index contributed by atoms with van der Waals surface area (Å²) < 4.78 is 0. The molecule has 8 heteroatoms. The maximum absolute atomic E-state index is 11.4. The van der Waals surface area contributed by atoms with Gasteiger partial charge in [0, 0.05) is 31.4 Å². The van der Waals surface area contributed by atoms with E-state index in [1.807, 2.05) is 36.5 Å². The molecule has 0 aliphatic heterocycles. The van der Waals surface area contributed by atoms with Gasteiger partial charge in [0.15, 0.2) is 0 Å². The first kappa shape index (κ1) is 21.2. The number of imidazole rings is 1. The molecule has 0 saturated heterocycles. The van der Waals surface area contributed by atoms with Crippen LogP contribution in [0.15, 0.2) is 60.8 Å². The molecular weight excluding hydrogens is 416 g/mol. The fourth-order valence-corrected chi connectivity index (χ4v) is 4.78. The van der Waals surface area contributed by atoms with Crippen LogP contribution in [0.3, 0.4) is 0 Å². The lowest BCUT2D eigenvalue weighted by Crippen LogP contribution is -2.32. The molecule has 0 amide bonds. The van der Waals surface area contributed by atoms with Crippen molar-refractivity contribution in [2.24, 2.45) is 5.73 Å². The van der Waals surface area contributed by atoms with E-state index in [4.69, 9.17) is 15.7 Å². The van der Waals surface area contributed by atoms with Crippen LogP contribution < -0.4 is 5.73 Å². The Hall–Kier alpha value is -3.62. The average molecular weight is 443 g/mol. The minimum Gasteiger partial charge on any atom is -0.341 e. The third-order valence-corrected chi connectivity index (χ3v) is 6.39. The van der Waals surface area contributed by atoms with E-state index in [2.05, 4.69) is 16.0 Å². The van der Waals surface area contributed by atoms with E-state index < -0.39 is 0 Å². The normalized spacial score (nSPS) is 15.6. The number of aromatic nitrogens is 3. The number of rotatable bonds is 7. The van der Waals surface area contributed by atoms with Gasteiger partial charge in [-0.25, -0.2) is 4.98 Å². The Morgan fingerprint density at radius 2 is 2.00 bits per heavy atom. The number of nitro groups is 1. The molecule has 0 saturated carbocycles. The lowest BCUT2D eigenvalue weighted by Gasteiger charge is -2.35. The van der Waals surface area contributed by atoms with E-state index in [0.29, 0.717) is 19.6 Å². The fourth-order valence-electron chi connectivity index (χ4n) is 4.78. The number of benzene rings is 2. The number of para-hydroxylation sites is 2. The first-order chi connectivity index (χ1) is 16.1. The molecule has 3 N–H and O–H groups in total. The van der Waals surface area contributed by atoms with Crippen molar-refractivity contribution in [2.45, 2.75) is 44.9 Å². The van der Waals surface area contributed by atoms with Crippen LogP contribution in [-0.2, 0) is 26.1 Å². The number of pyridine rings is 1. The third kappa shape index (κ3) is 4.35. The molecule has 1 unspecified atom stereocenters. The number of nitrogens with two attached hydrogens (primary N) is 1. The molecule has 2 heterocycles. The van der Waals surface area contributed by atoms with Crippen molar-refractivity contribution in [3.05, 3.63) is 99.1 Å². The molecule has 0 bridgehead atoms. The number of hydrogen-bond acceptors (Lipinski definition) is 6. The lowest BCUT2D eigenvalue weighted by molar-refractivity contribution is -0.384. The highest BCUT2D eigenvalue weighted by Gasteiger charge is 2.29. The number of aryl methyl sites for hydroxylation is 1. The van der Waals surface area contributed by atoms with Gasteiger partial charge in [0.2, 0.25) is 0 Å². The van der Waals surface area contributed by atoms with Gasteiger partial charge in [-0.05, 0) is 54.2 Å². The molecular formula is C25H26N6O2. The summed E-state index contributed by atoms with van der Waals surface area (Å²) in [6.45, 7) is 1.42. The van der Waals surface area contributed by atoms with Crippen LogP contribution in [0.2, 0.25) is 0 Å². The van der Waals surface area contributed by atoms with Gasteiger partial charge in [-0.2, -0.15) is 0 Å². The Bertz CT molecular complexity index is 1270. The fraction of sp³-hybridized carbons (Fsp3) is 0.280. The SMILES string of the molecule is NCc1ccc([N+](=O)[O-])cc1CN(Cc1nc2ccccc2[nH]1)C1CCCc2cccnc21. The van der Waals surface area contributed by atoms with Crippen LogP contribution in [0.5, 0.6) is 0 Å². The van der Waals surface area contributed by atoms with Crippen molar-refractivity contribution in [3.63, 3.8) is 0 Å².